The molecular formula is C24H23ClFN5O3. The summed E-state index contributed by atoms with van der Waals surface area (Å²) in [6, 6.07) is 13.9. The summed E-state index contributed by atoms with van der Waals surface area (Å²) in [6.07, 6.45) is 2.74. The lowest BCUT2D eigenvalue weighted by Crippen LogP contribution is -2.48. The van der Waals surface area contributed by atoms with Crippen LogP contribution in [0.1, 0.15) is 10.4 Å². The van der Waals surface area contributed by atoms with E-state index in [2.05, 4.69) is 20.6 Å². The summed E-state index contributed by atoms with van der Waals surface area (Å²) in [6.45, 7) is 0.0131. The molecule has 0 bridgehead atoms. The molecule has 2 aromatic carbocycles. The number of hydrogen-bond donors (Lipinski definition) is 3. The Morgan fingerprint density at radius 3 is 2.74 bits per heavy atom. The van der Waals surface area contributed by atoms with E-state index in [0.717, 1.165) is 0 Å². The van der Waals surface area contributed by atoms with Crippen LogP contribution in [0.15, 0.2) is 67.0 Å². The average molecular weight is 484 g/mol. The van der Waals surface area contributed by atoms with Gasteiger partial charge in [-0.25, -0.2) is 4.39 Å². The molecule has 2 atom stereocenters. The predicted octanol–water partition coefficient (Wildman–Crippen LogP) is 3.54. The van der Waals surface area contributed by atoms with E-state index in [9.17, 15) is 14.3 Å². The number of aromatic amines is 1. The summed E-state index contributed by atoms with van der Waals surface area (Å²) < 4.78 is 20.3. The number of carbonyl (C=O) groups is 1. The smallest absolute Gasteiger partial charge is 0.252 e. The molecule has 2 heterocycles. The van der Waals surface area contributed by atoms with Gasteiger partial charge in [-0.05, 0) is 48.5 Å². The van der Waals surface area contributed by atoms with Crippen LogP contribution in [-0.2, 0) is 11.3 Å². The lowest BCUT2D eigenvalue weighted by atomic mass is 10.0. The number of H-pyrrole nitrogens is 1. The van der Waals surface area contributed by atoms with E-state index in [1.807, 2.05) is 0 Å². The maximum Gasteiger partial charge on any atom is 0.252 e. The minimum absolute atomic E-state index is 0.285. The van der Waals surface area contributed by atoms with Gasteiger partial charge in [0.2, 0.25) is 0 Å². The molecule has 176 valence electrons. The molecule has 8 nitrogen and oxygen atoms in total. The molecule has 4 rings (SSSR count). The SMILES string of the molecule is CO[C@H](CO)[C@@H](Cn1cccn1)NC(=O)c1cccc(Cl)c1-c1cc(-c2ccc(F)cc2)n[nH]1. The first-order valence-corrected chi connectivity index (χ1v) is 10.9. The van der Waals surface area contributed by atoms with Gasteiger partial charge in [0.15, 0.2) is 0 Å². The zero-order valence-corrected chi connectivity index (χ0v) is 19.0. The predicted molar refractivity (Wildman–Crippen MR) is 126 cm³/mol. The van der Waals surface area contributed by atoms with Crippen LogP contribution in [0.25, 0.3) is 22.5 Å². The molecule has 10 heteroatoms. The number of methoxy groups -OCH3 is 1. The minimum Gasteiger partial charge on any atom is -0.394 e. The third-order valence-electron chi connectivity index (χ3n) is 5.44. The molecule has 0 unspecified atom stereocenters. The summed E-state index contributed by atoms with van der Waals surface area (Å²) in [7, 11) is 1.47. The van der Waals surface area contributed by atoms with Crippen molar-refractivity contribution in [2.75, 3.05) is 13.7 Å². The summed E-state index contributed by atoms with van der Waals surface area (Å²) in [5.74, 6) is -0.741. The summed E-state index contributed by atoms with van der Waals surface area (Å²) in [5.41, 5.74) is 2.62. The number of hydrogen-bond acceptors (Lipinski definition) is 5. The first kappa shape index (κ1) is 23.6. The molecule has 0 aliphatic heterocycles. The van der Waals surface area contributed by atoms with Gasteiger partial charge in [-0.15, -0.1) is 0 Å². The number of aliphatic hydroxyl groups is 1. The number of halogens is 2. The van der Waals surface area contributed by atoms with E-state index < -0.39 is 18.1 Å². The number of benzene rings is 2. The maximum atomic E-state index is 13.4. The second-order valence-corrected chi connectivity index (χ2v) is 8.01. The molecule has 3 N–H and O–H groups in total. The van der Waals surface area contributed by atoms with E-state index in [1.54, 1.807) is 59.5 Å². The Balaban J connectivity index is 1.64. The van der Waals surface area contributed by atoms with Gasteiger partial charge in [0, 0.05) is 30.6 Å². The fourth-order valence-corrected chi connectivity index (χ4v) is 3.96. The van der Waals surface area contributed by atoms with Crippen molar-refractivity contribution in [2.24, 2.45) is 0 Å². The highest BCUT2D eigenvalue weighted by atomic mass is 35.5. The van der Waals surface area contributed by atoms with Crippen molar-refractivity contribution in [1.82, 2.24) is 25.3 Å². The average Bonchev–Trinajstić information content (AvgIpc) is 3.52. The van der Waals surface area contributed by atoms with Gasteiger partial charge in [0.25, 0.3) is 5.91 Å². The number of nitrogens with one attached hydrogen (secondary N) is 2. The van der Waals surface area contributed by atoms with Crippen molar-refractivity contribution in [2.45, 2.75) is 18.7 Å². The Labute approximate surface area is 200 Å². The van der Waals surface area contributed by atoms with Gasteiger partial charge in [-0.1, -0.05) is 17.7 Å². The van der Waals surface area contributed by atoms with Crippen molar-refractivity contribution in [3.63, 3.8) is 0 Å². The van der Waals surface area contributed by atoms with Crippen molar-refractivity contribution in [1.29, 1.82) is 0 Å². The highest BCUT2D eigenvalue weighted by Gasteiger charge is 2.26. The second-order valence-electron chi connectivity index (χ2n) is 7.60. The zero-order valence-electron chi connectivity index (χ0n) is 18.3. The number of rotatable bonds is 9. The monoisotopic (exact) mass is 483 g/mol. The van der Waals surface area contributed by atoms with Gasteiger partial charge in [-0.2, -0.15) is 10.2 Å². The van der Waals surface area contributed by atoms with Crippen LogP contribution in [0.3, 0.4) is 0 Å². The Morgan fingerprint density at radius 2 is 2.06 bits per heavy atom. The number of carbonyl (C=O) groups excluding carboxylic acids is 1. The first-order chi connectivity index (χ1) is 16.5. The van der Waals surface area contributed by atoms with Crippen molar-refractivity contribution >= 4 is 17.5 Å². The Hall–Kier alpha value is -3.53. The molecule has 0 saturated carbocycles. The van der Waals surface area contributed by atoms with Crippen LogP contribution in [-0.4, -0.2) is 56.9 Å². The quantitative estimate of drug-likeness (QED) is 0.338. The standard InChI is InChI=1S/C24H23ClFN5O3/c1-34-22(14-32)21(13-31-11-3-10-27-31)28-24(33)17-4-2-5-18(25)23(17)20-12-19(29-30-20)15-6-8-16(26)9-7-15/h2-12,21-22,32H,13-14H2,1H3,(H,28,33)(H,29,30)/t21-,22-/m1/s1. The minimum atomic E-state index is -0.645. The van der Waals surface area contributed by atoms with Crippen LogP contribution in [0.2, 0.25) is 5.02 Å². The maximum absolute atomic E-state index is 13.4. The Bertz CT molecular complexity index is 1240. The van der Waals surface area contributed by atoms with E-state index >= 15 is 0 Å². The molecule has 1 amide bonds. The number of aliphatic hydroxyl groups excluding tert-OH is 1. The highest BCUT2D eigenvalue weighted by molar-refractivity contribution is 6.34. The van der Waals surface area contributed by atoms with Gasteiger partial charge in [-0.3, -0.25) is 14.6 Å². The van der Waals surface area contributed by atoms with Crippen molar-refractivity contribution < 1.29 is 19.0 Å². The zero-order chi connectivity index (χ0) is 24.1. The first-order valence-electron chi connectivity index (χ1n) is 10.5. The third kappa shape index (κ3) is 5.17. The molecule has 0 spiro atoms. The molecule has 4 aromatic rings. The number of nitrogens with zero attached hydrogens (tertiary/aromatic N) is 3. The van der Waals surface area contributed by atoms with Crippen LogP contribution in [0.4, 0.5) is 4.39 Å². The van der Waals surface area contributed by atoms with Gasteiger partial charge in [0.05, 0.1) is 41.2 Å². The third-order valence-corrected chi connectivity index (χ3v) is 5.75. The van der Waals surface area contributed by atoms with Crippen molar-refractivity contribution in [3.05, 3.63) is 83.4 Å². The molecular weight excluding hydrogens is 461 g/mol. The Kier molecular flexibility index (Phi) is 7.36. The number of aromatic nitrogens is 4. The fraction of sp³-hybridized carbons (Fsp3) is 0.208. The molecule has 0 radical (unpaired) electrons. The topological polar surface area (TPSA) is 105 Å². The molecule has 34 heavy (non-hydrogen) atoms. The van der Waals surface area contributed by atoms with Crippen LogP contribution in [0.5, 0.6) is 0 Å². The molecule has 0 fully saturated rings. The number of amides is 1. The fourth-order valence-electron chi connectivity index (χ4n) is 3.68. The molecule has 2 aromatic heterocycles. The van der Waals surface area contributed by atoms with Gasteiger partial charge >= 0.3 is 0 Å². The van der Waals surface area contributed by atoms with Crippen LogP contribution < -0.4 is 5.32 Å². The van der Waals surface area contributed by atoms with E-state index in [1.165, 1.54) is 19.2 Å². The normalized spacial score (nSPS) is 12.9. The number of ether oxygens (including phenoxy) is 1. The molecule has 0 saturated heterocycles. The van der Waals surface area contributed by atoms with E-state index in [-0.39, 0.29) is 12.4 Å². The summed E-state index contributed by atoms with van der Waals surface area (Å²) in [4.78, 5) is 13.4. The summed E-state index contributed by atoms with van der Waals surface area (Å²) in [5, 5.41) is 24.4. The lowest BCUT2D eigenvalue weighted by Gasteiger charge is -2.26. The molecule has 0 aliphatic rings. The van der Waals surface area contributed by atoms with E-state index in [4.69, 9.17) is 16.3 Å². The largest absolute Gasteiger partial charge is 0.394 e. The van der Waals surface area contributed by atoms with Crippen LogP contribution in [0, 0.1) is 5.82 Å². The van der Waals surface area contributed by atoms with E-state index in [0.29, 0.717) is 39.6 Å². The second kappa shape index (κ2) is 10.6. The summed E-state index contributed by atoms with van der Waals surface area (Å²) >= 11 is 6.50. The van der Waals surface area contributed by atoms with Gasteiger partial charge in [0.1, 0.15) is 11.9 Å². The van der Waals surface area contributed by atoms with Gasteiger partial charge < -0.3 is 15.2 Å². The Morgan fingerprint density at radius 1 is 1.26 bits per heavy atom. The highest BCUT2D eigenvalue weighted by Crippen LogP contribution is 2.32. The van der Waals surface area contributed by atoms with Crippen LogP contribution >= 0.6 is 11.6 Å². The molecule has 0 aliphatic carbocycles. The lowest BCUT2D eigenvalue weighted by molar-refractivity contribution is 0.0167. The van der Waals surface area contributed by atoms with Crippen molar-refractivity contribution in [3.8, 4) is 22.5 Å².